The lowest BCUT2D eigenvalue weighted by molar-refractivity contribution is -0.130. The molecule has 5 aromatic rings. The number of hydrogen-bond donors (Lipinski definition) is 1. The minimum atomic E-state index is -0.0952. The smallest absolute Gasteiger partial charge is 0.259 e. The van der Waals surface area contributed by atoms with E-state index in [4.69, 9.17) is 10.5 Å². The number of aromatic nitrogens is 4. The zero-order valence-corrected chi connectivity index (χ0v) is 17.8. The van der Waals surface area contributed by atoms with Crippen molar-refractivity contribution in [3.63, 3.8) is 0 Å². The summed E-state index contributed by atoms with van der Waals surface area (Å²) in [5.74, 6) is 1.09. The number of nitrogen functional groups attached to an aromatic ring is 1. The first-order chi connectivity index (χ1) is 15.5. The Hall–Kier alpha value is -4.33. The molecule has 3 aromatic heterocycles. The standard InChI is InChI=1S/C24H22N6O2/c1-28(2)23(31)15-32-21-6-4-3-5-20(21)29-12-10-17-13-16(7-8-19(17)29)18-14-26-22-9-11-27-30(22)24(18)25/h3-14H,15,25H2,1-2H3. The minimum Gasteiger partial charge on any atom is -0.482 e. The van der Waals surface area contributed by atoms with Gasteiger partial charge < -0.3 is 19.9 Å². The molecule has 1 amide bonds. The van der Waals surface area contributed by atoms with E-state index < -0.39 is 0 Å². The van der Waals surface area contributed by atoms with Crippen molar-refractivity contribution in [2.24, 2.45) is 0 Å². The van der Waals surface area contributed by atoms with Crippen LogP contribution in [0.25, 0.3) is 33.4 Å². The number of nitrogens with two attached hydrogens (primary N) is 1. The number of para-hydroxylation sites is 2. The van der Waals surface area contributed by atoms with Crippen LogP contribution in [0.3, 0.4) is 0 Å². The fourth-order valence-electron chi connectivity index (χ4n) is 3.68. The van der Waals surface area contributed by atoms with Crippen molar-refractivity contribution in [1.82, 2.24) is 24.1 Å². The maximum Gasteiger partial charge on any atom is 0.259 e. The molecule has 0 spiro atoms. The van der Waals surface area contributed by atoms with Crippen LogP contribution < -0.4 is 10.5 Å². The van der Waals surface area contributed by atoms with Crippen molar-refractivity contribution in [3.8, 4) is 22.6 Å². The highest BCUT2D eigenvalue weighted by Gasteiger charge is 2.13. The van der Waals surface area contributed by atoms with E-state index in [1.54, 1.807) is 31.0 Å². The fourth-order valence-corrected chi connectivity index (χ4v) is 3.68. The van der Waals surface area contributed by atoms with Gasteiger partial charge in [-0.25, -0.2) is 4.98 Å². The Morgan fingerprint density at radius 2 is 1.97 bits per heavy atom. The average Bonchev–Trinajstić information content (AvgIpc) is 3.45. The third kappa shape index (κ3) is 3.31. The number of fused-ring (bicyclic) bond motifs is 2. The van der Waals surface area contributed by atoms with Gasteiger partial charge in [0.1, 0.15) is 11.6 Å². The number of benzene rings is 2. The Bertz CT molecular complexity index is 1450. The molecule has 32 heavy (non-hydrogen) atoms. The molecule has 0 fully saturated rings. The quantitative estimate of drug-likeness (QED) is 0.465. The van der Waals surface area contributed by atoms with Gasteiger partial charge in [0.25, 0.3) is 5.91 Å². The topological polar surface area (TPSA) is 90.7 Å². The van der Waals surface area contributed by atoms with Crippen molar-refractivity contribution in [2.75, 3.05) is 26.4 Å². The Morgan fingerprint density at radius 1 is 1.12 bits per heavy atom. The van der Waals surface area contributed by atoms with Crippen LogP contribution in [0, 0.1) is 0 Å². The largest absolute Gasteiger partial charge is 0.482 e. The summed E-state index contributed by atoms with van der Waals surface area (Å²) in [5.41, 5.74) is 10.7. The summed E-state index contributed by atoms with van der Waals surface area (Å²) in [6.45, 7) is -0.0183. The molecule has 2 aromatic carbocycles. The van der Waals surface area contributed by atoms with Gasteiger partial charge in [0, 0.05) is 43.5 Å². The molecule has 0 saturated carbocycles. The second-order valence-electron chi connectivity index (χ2n) is 7.66. The van der Waals surface area contributed by atoms with Crippen LogP contribution in [0.5, 0.6) is 5.75 Å². The maximum atomic E-state index is 12.0. The van der Waals surface area contributed by atoms with Crippen molar-refractivity contribution >= 4 is 28.3 Å². The van der Waals surface area contributed by atoms with Gasteiger partial charge in [0.05, 0.1) is 17.4 Å². The van der Waals surface area contributed by atoms with Gasteiger partial charge in [-0.2, -0.15) is 9.61 Å². The molecule has 0 aliphatic heterocycles. The van der Waals surface area contributed by atoms with Gasteiger partial charge in [-0.15, -0.1) is 0 Å². The number of rotatable bonds is 5. The van der Waals surface area contributed by atoms with Crippen LogP contribution in [0.1, 0.15) is 0 Å². The van der Waals surface area contributed by atoms with Gasteiger partial charge in [0.2, 0.25) is 0 Å². The molecule has 3 heterocycles. The lowest BCUT2D eigenvalue weighted by Gasteiger charge is -2.15. The van der Waals surface area contributed by atoms with Gasteiger partial charge in [-0.3, -0.25) is 4.79 Å². The Kier molecular flexibility index (Phi) is 4.74. The molecule has 0 aliphatic carbocycles. The fraction of sp³-hybridized carbons (Fsp3) is 0.125. The monoisotopic (exact) mass is 426 g/mol. The third-order valence-electron chi connectivity index (χ3n) is 5.43. The van der Waals surface area contributed by atoms with E-state index in [9.17, 15) is 4.79 Å². The lowest BCUT2D eigenvalue weighted by Crippen LogP contribution is -2.27. The zero-order chi connectivity index (χ0) is 22.2. The zero-order valence-electron chi connectivity index (χ0n) is 17.8. The predicted molar refractivity (Wildman–Crippen MR) is 124 cm³/mol. The highest BCUT2D eigenvalue weighted by molar-refractivity contribution is 5.89. The summed E-state index contributed by atoms with van der Waals surface area (Å²) in [6.07, 6.45) is 5.44. The van der Waals surface area contributed by atoms with Crippen molar-refractivity contribution < 1.29 is 9.53 Å². The summed E-state index contributed by atoms with van der Waals surface area (Å²) in [7, 11) is 3.42. The van der Waals surface area contributed by atoms with Crippen LogP contribution in [0.4, 0.5) is 5.82 Å². The van der Waals surface area contributed by atoms with Gasteiger partial charge in [0.15, 0.2) is 12.3 Å². The summed E-state index contributed by atoms with van der Waals surface area (Å²) in [6, 6.07) is 17.7. The Morgan fingerprint density at radius 3 is 2.81 bits per heavy atom. The second-order valence-corrected chi connectivity index (χ2v) is 7.66. The molecule has 160 valence electrons. The van der Waals surface area contributed by atoms with Gasteiger partial charge in [-0.05, 0) is 35.9 Å². The number of nitrogens with zero attached hydrogens (tertiary/aromatic N) is 5. The first kappa shape index (κ1) is 19.6. The van der Waals surface area contributed by atoms with Crippen molar-refractivity contribution in [2.45, 2.75) is 0 Å². The molecule has 0 aliphatic rings. The SMILES string of the molecule is CN(C)C(=O)COc1ccccc1-n1ccc2cc(-c3cnc4ccnn4c3N)ccc21. The summed E-state index contributed by atoms with van der Waals surface area (Å²) in [4.78, 5) is 17.9. The molecule has 0 radical (unpaired) electrons. The van der Waals surface area contributed by atoms with Crippen molar-refractivity contribution in [1.29, 1.82) is 0 Å². The van der Waals surface area contributed by atoms with E-state index in [-0.39, 0.29) is 12.5 Å². The highest BCUT2D eigenvalue weighted by Crippen LogP contribution is 2.32. The number of anilines is 1. The third-order valence-corrected chi connectivity index (χ3v) is 5.43. The van der Waals surface area contributed by atoms with E-state index in [1.807, 2.05) is 59.3 Å². The van der Waals surface area contributed by atoms with Gasteiger partial charge in [-0.1, -0.05) is 18.2 Å². The second kappa shape index (κ2) is 7.73. The van der Waals surface area contributed by atoms with Gasteiger partial charge >= 0.3 is 0 Å². The van der Waals surface area contributed by atoms with E-state index in [2.05, 4.69) is 16.1 Å². The number of carbonyl (C=O) groups is 1. The molecule has 0 atom stereocenters. The van der Waals surface area contributed by atoms with E-state index in [1.165, 1.54) is 4.90 Å². The predicted octanol–water partition coefficient (Wildman–Crippen LogP) is 3.39. The first-order valence-corrected chi connectivity index (χ1v) is 10.1. The molecular formula is C24H22N6O2. The minimum absolute atomic E-state index is 0.0183. The molecule has 8 heteroatoms. The normalized spacial score (nSPS) is 11.2. The molecule has 8 nitrogen and oxygen atoms in total. The van der Waals surface area contributed by atoms with E-state index in [0.717, 1.165) is 27.7 Å². The molecular weight excluding hydrogens is 404 g/mol. The number of hydrogen-bond acceptors (Lipinski definition) is 5. The Balaban J connectivity index is 1.53. The number of likely N-dealkylation sites (N-methyl/N-ethyl adjacent to an activating group) is 1. The maximum absolute atomic E-state index is 12.0. The van der Waals surface area contributed by atoms with Crippen LogP contribution in [0.15, 0.2) is 73.2 Å². The summed E-state index contributed by atoms with van der Waals surface area (Å²) >= 11 is 0. The molecule has 0 bridgehead atoms. The molecule has 0 unspecified atom stereocenters. The lowest BCUT2D eigenvalue weighted by atomic mass is 10.1. The summed E-state index contributed by atoms with van der Waals surface area (Å²) < 4.78 is 9.51. The average molecular weight is 426 g/mol. The van der Waals surface area contributed by atoms with Crippen molar-refractivity contribution in [3.05, 3.63) is 73.2 Å². The van der Waals surface area contributed by atoms with Crippen LogP contribution >= 0.6 is 0 Å². The Labute approximate surface area is 184 Å². The highest BCUT2D eigenvalue weighted by atomic mass is 16.5. The number of ether oxygens (including phenoxy) is 1. The number of carbonyl (C=O) groups excluding carboxylic acids is 1. The van der Waals surface area contributed by atoms with Crippen LogP contribution in [-0.2, 0) is 4.79 Å². The van der Waals surface area contributed by atoms with E-state index in [0.29, 0.717) is 17.2 Å². The number of amides is 1. The first-order valence-electron chi connectivity index (χ1n) is 10.1. The van der Waals surface area contributed by atoms with Crippen LogP contribution in [-0.4, -0.2) is 50.7 Å². The molecule has 2 N–H and O–H groups in total. The summed E-state index contributed by atoms with van der Waals surface area (Å²) in [5, 5.41) is 5.29. The molecule has 5 rings (SSSR count). The molecule has 0 saturated heterocycles. The van der Waals surface area contributed by atoms with E-state index >= 15 is 0 Å². The van der Waals surface area contributed by atoms with Crippen LogP contribution in [0.2, 0.25) is 0 Å².